The van der Waals surface area contributed by atoms with Gasteiger partial charge in [-0.25, -0.2) is 0 Å². The van der Waals surface area contributed by atoms with E-state index in [4.69, 9.17) is 9.97 Å². The van der Waals surface area contributed by atoms with Crippen LogP contribution < -0.4 is 0 Å². The monoisotopic (exact) mass is 661 g/mol. The maximum atomic E-state index is 15.2. The summed E-state index contributed by atoms with van der Waals surface area (Å²) in [5.74, 6) is -1.32. The summed E-state index contributed by atoms with van der Waals surface area (Å²) in [6.07, 6.45) is 0. The maximum absolute atomic E-state index is 15.2. The van der Waals surface area contributed by atoms with E-state index in [1.54, 1.807) is 6.07 Å². The molecule has 0 unspecified atom stereocenters. The van der Waals surface area contributed by atoms with Crippen molar-refractivity contribution in [2.24, 2.45) is 0 Å². The van der Waals surface area contributed by atoms with Gasteiger partial charge in [-0.3, -0.25) is 13.8 Å². The van der Waals surface area contributed by atoms with Crippen molar-refractivity contribution in [3.63, 3.8) is 0 Å². The molecule has 5 heteroatoms. The smallest absolute Gasteiger partial charge is 0.300 e. The van der Waals surface area contributed by atoms with E-state index in [1.165, 1.54) is 0 Å². The number of aromatic nitrogens is 2. The number of hydrogen-bond donors (Lipinski definition) is 0. The van der Waals surface area contributed by atoms with Gasteiger partial charge in [0.05, 0.1) is 5.69 Å². The molecule has 1 aliphatic rings. The van der Waals surface area contributed by atoms with E-state index in [0.29, 0.717) is 5.69 Å². The van der Waals surface area contributed by atoms with Gasteiger partial charge in [-0.2, -0.15) is 35.4 Å². The Labute approximate surface area is 226 Å². The Morgan fingerprint density at radius 1 is 0.611 bits per heavy atom. The Hall–Kier alpha value is -2.71. The molecule has 186 valence electrons. The minimum absolute atomic E-state index is 0. The molecular formula is C31H28F2N2Pt. The molecule has 0 N–H and O–H groups in total. The minimum Gasteiger partial charge on any atom is -0.300 e. The minimum atomic E-state index is -0.815. The van der Waals surface area contributed by atoms with Gasteiger partial charge in [-0.15, -0.1) is 6.07 Å². The Bertz CT molecular complexity index is 1460. The predicted molar refractivity (Wildman–Crippen MR) is 134 cm³/mol. The third-order valence-electron chi connectivity index (χ3n) is 7.42. The van der Waals surface area contributed by atoms with Gasteiger partial charge in [0.2, 0.25) is 0 Å². The van der Waals surface area contributed by atoms with Crippen molar-refractivity contribution in [2.45, 2.75) is 57.8 Å². The third kappa shape index (κ3) is 4.14. The van der Waals surface area contributed by atoms with E-state index in [9.17, 15) is 0 Å². The largest absolute Gasteiger partial charge is 2.00 e. The second-order valence-electron chi connectivity index (χ2n) is 10.9. The van der Waals surface area contributed by atoms with Crippen LogP contribution >= 0.6 is 0 Å². The van der Waals surface area contributed by atoms with Crippen molar-refractivity contribution in [2.75, 3.05) is 0 Å². The van der Waals surface area contributed by atoms with Crippen molar-refractivity contribution < 1.29 is 29.8 Å². The molecule has 0 aliphatic carbocycles. The van der Waals surface area contributed by atoms with Crippen molar-refractivity contribution >= 4 is 0 Å². The van der Waals surface area contributed by atoms with E-state index in [0.717, 1.165) is 34.3 Å². The Morgan fingerprint density at radius 3 is 1.81 bits per heavy atom. The molecule has 0 amide bonds. The van der Waals surface area contributed by atoms with Crippen molar-refractivity contribution in [1.29, 1.82) is 0 Å². The first-order valence-electron chi connectivity index (χ1n) is 11.8. The molecule has 0 saturated carbocycles. The first kappa shape index (κ1) is 26.4. The average molecular weight is 662 g/mol. The first-order chi connectivity index (χ1) is 16.4. The van der Waals surface area contributed by atoms with Crippen LogP contribution in [0.2, 0.25) is 0 Å². The molecule has 8 bridgehead atoms. The third-order valence-corrected chi connectivity index (χ3v) is 7.42. The van der Waals surface area contributed by atoms with E-state index < -0.39 is 27.9 Å². The number of pyridine rings is 2. The summed E-state index contributed by atoms with van der Waals surface area (Å²) in [7, 11) is 0. The van der Waals surface area contributed by atoms with Gasteiger partial charge in [0.25, 0.3) is 0 Å². The predicted octanol–water partition coefficient (Wildman–Crippen LogP) is 7.31. The van der Waals surface area contributed by atoms with E-state index in [-0.39, 0.29) is 32.2 Å². The Morgan fingerprint density at radius 2 is 1.14 bits per heavy atom. The molecule has 0 atom stereocenters. The zero-order chi connectivity index (χ0) is 25.2. The van der Waals surface area contributed by atoms with Gasteiger partial charge < -0.3 is 4.98 Å². The van der Waals surface area contributed by atoms with Crippen LogP contribution in [0.1, 0.15) is 75.3 Å². The van der Waals surface area contributed by atoms with Crippen LogP contribution in [0.15, 0.2) is 60.7 Å². The number of fused-ring (bicyclic) bond motifs is 9. The molecule has 3 heterocycles. The number of rotatable bonds is 0. The quantitative estimate of drug-likeness (QED) is 0.185. The van der Waals surface area contributed by atoms with Crippen LogP contribution in [0.5, 0.6) is 0 Å². The molecule has 0 saturated heterocycles. The fourth-order valence-electron chi connectivity index (χ4n) is 4.80. The Balaban J connectivity index is 0.00000304. The van der Waals surface area contributed by atoms with Gasteiger partial charge in [-0.05, 0) is 43.2 Å². The zero-order valence-electron chi connectivity index (χ0n) is 21.2. The molecule has 36 heavy (non-hydrogen) atoms. The van der Waals surface area contributed by atoms with Crippen LogP contribution in [0.4, 0.5) is 8.78 Å². The SMILES string of the molecule is CC1(C)c2[c-]c(ccc2)C(C)(C)c2[c-]c(c(F)cc2F)-c2cccc(n2)C(C)(C)c2cccc1n2.[Pt+2]. The topological polar surface area (TPSA) is 25.8 Å². The molecule has 2 aromatic carbocycles. The first-order valence-corrected chi connectivity index (χ1v) is 11.8. The summed E-state index contributed by atoms with van der Waals surface area (Å²) in [6.45, 7) is 12.2. The summed E-state index contributed by atoms with van der Waals surface area (Å²) < 4.78 is 30.3. The van der Waals surface area contributed by atoms with E-state index in [2.05, 4.69) is 39.8 Å². The van der Waals surface area contributed by atoms with Gasteiger partial charge in [0.15, 0.2) is 0 Å². The fraction of sp³-hybridized carbons (Fsp3) is 0.290. The van der Waals surface area contributed by atoms with E-state index >= 15 is 8.78 Å². The van der Waals surface area contributed by atoms with Gasteiger partial charge in [0, 0.05) is 33.9 Å². The van der Waals surface area contributed by atoms with Crippen molar-refractivity contribution in [3.8, 4) is 11.3 Å². The molecule has 0 spiro atoms. The number of nitrogens with zero attached hydrogens (tertiary/aromatic N) is 2. The normalized spacial score (nSPS) is 16.8. The standard InChI is InChI=1S/C31H28F2N2.Pt/c1-29(2)19-10-7-11-20(16-19)30(3,4)26-14-9-15-28(35-26)31(5,6)27-13-8-12-25(34-27)21-17-22(29)24(33)18-23(21)32;/h7-15,18H,1-6H3;/q-2;+2. The average Bonchev–Trinajstić information content (AvgIpc) is 2.83. The molecular weight excluding hydrogens is 633 g/mol. The molecule has 2 aromatic heterocycles. The second-order valence-corrected chi connectivity index (χ2v) is 10.9. The van der Waals surface area contributed by atoms with Crippen molar-refractivity contribution in [1.82, 2.24) is 9.97 Å². The van der Waals surface area contributed by atoms with Gasteiger partial charge in [-0.1, -0.05) is 63.1 Å². The summed E-state index contributed by atoms with van der Waals surface area (Å²) in [5, 5.41) is 0. The van der Waals surface area contributed by atoms with Crippen LogP contribution in [-0.2, 0) is 37.3 Å². The molecule has 0 fully saturated rings. The van der Waals surface area contributed by atoms with Gasteiger partial charge >= 0.3 is 21.1 Å². The Kier molecular flexibility index (Phi) is 6.58. The number of hydrogen-bond acceptors (Lipinski definition) is 2. The second kappa shape index (κ2) is 8.99. The van der Waals surface area contributed by atoms with Crippen LogP contribution in [0, 0.1) is 23.8 Å². The van der Waals surface area contributed by atoms with Crippen LogP contribution in [-0.4, -0.2) is 9.97 Å². The molecule has 1 aliphatic heterocycles. The van der Waals surface area contributed by atoms with Crippen LogP contribution in [0.3, 0.4) is 0 Å². The molecule has 0 radical (unpaired) electrons. The summed E-state index contributed by atoms with van der Waals surface area (Å²) in [4.78, 5) is 9.91. The molecule has 2 nitrogen and oxygen atoms in total. The fourth-order valence-corrected chi connectivity index (χ4v) is 4.80. The number of benzene rings is 2. The molecule has 5 rings (SSSR count). The summed E-state index contributed by atoms with van der Waals surface area (Å²) in [6, 6.07) is 25.0. The van der Waals surface area contributed by atoms with Gasteiger partial charge in [0.1, 0.15) is 0 Å². The van der Waals surface area contributed by atoms with E-state index in [1.807, 2.05) is 62.4 Å². The summed E-state index contributed by atoms with van der Waals surface area (Å²) in [5.41, 5.74) is 3.28. The summed E-state index contributed by atoms with van der Waals surface area (Å²) >= 11 is 0. The zero-order valence-corrected chi connectivity index (χ0v) is 23.5. The molecule has 4 aromatic rings. The maximum Gasteiger partial charge on any atom is 2.00 e. The van der Waals surface area contributed by atoms with Crippen LogP contribution in [0.25, 0.3) is 11.3 Å². The van der Waals surface area contributed by atoms with Crippen molar-refractivity contribution in [3.05, 3.63) is 118 Å². The number of halogens is 2.